The van der Waals surface area contributed by atoms with Crippen molar-refractivity contribution in [3.8, 4) is 0 Å². The lowest BCUT2D eigenvalue weighted by molar-refractivity contribution is 0.259. The SMILES string of the molecule is CC(NC1CCCC(N)C1)c1ccc(NC(N)=O)cc1. The second-order valence-electron chi connectivity index (χ2n) is 5.62. The highest BCUT2D eigenvalue weighted by Gasteiger charge is 2.20. The van der Waals surface area contributed by atoms with Crippen LogP contribution in [-0.2, 0) is 0 Å². The van der Waals surface area contributed by atoms with E-state index in [1.807, 2.05) is 24.3 Å². The van der Waals surface area contributed by atoms with Crippen LogP contribution in [0.1, 0.15) is 44.2 Å². The van der Waals surface area contributed by atoms with Crippen molar-refractivity contribution in [2.45, 2.75) is 50.7 Å². The van der Waals surface area contributed by atoms with Crippen molar-refractivity contribution in [2.24, 2.45) is 11.5 Å². The van der Waals surface area contributed by atoms with Crippen LogP contribution < -0.4 is 22.1 Å². The van der Waals surface area contributed by atoms with Crippen molar-refractivity contribution in [3.05, 3.63) is 29.8 Å². The molecule has 0 heterocycles. The van der Waals surface area contributed by atoms with Crippen LogP contribution in [0.2, 0.25) is 0 Å². The lowest BCUT2D eigenvalue weighted by Gasteiger charge is -2.30. The zero-order valence-electron chi connectivity index (χ0n) is 11.9. The molecule has 5 heteroatoms. The number of carbonyl (C=O) groups is 1. The lowest BCUT2D eigenvalue weighted by Crippen LogP contribution is -2.40. The van der Waals surface area contributed by atoms with Crippen molar-refractivity contribution >= 4 is 11.7 Å². The first kappa shape index (κ1) is 14.8. The van der Waals surface area contributed by atoms with E-state index in [-0.39, 0.29) is 6.04 Å². The smallest absolute Gasteiger partial charge is 0.316 e. The number of hydrogen-bond donors (Lipinski definition) is 4. The fourth-order valence-electron chi connectivity index (χ4n) is 2.83. The van der Waals surface area contributed by atoms with Gasteiger partial charge in [-0.2, -0.15) is 0 Å². The largest absolute Gasteiger partial charge is 0.351 e. The van der Waals surface area contributed by atoms with Crippen LogP contribution in [0.15, 0.2) is 24.3 Å². The maximum atomic E-state index is 10.8. The molecule has 0 saturated heterocycles. The van der Waals surface area contributed by atoms with E-state index in [9.17, 15) is 4.79 Å². The van der Waals surface area contributed by atoms with Crippen LogP contribution in [-0.4, -0.2) is 18.1 Å². The van der Waals surface area contributed by atoms with Crippen molar-refractivity contribution in [2.75, 3.05) is 5.32 Å². The van der Waals surface area contributed by atoms with Gasteiger partial charge in [-0.3, -0.25) is 0 Å². The number of nitrogens with two attached hydrogens (primary N) is 2. The van der Waals surface area contributed by atoms with Gasteiger partial charge in [-0.25, -0.2) is 4.79 Å². The van der Waals surface area contributed by atoms with Crippen molar-refractivity contribution in [3.63, 3.8) is 0 Å². The van der Waals surface area contributed by atoms with Crippen LogP contribution >= 0.6 is 0 Å². The summed E-state index contributed by atoms with van der Waals surface area (Å²) in [5.74, 6) is 0. The van der Waals surface area contributed by atoms with Crippen molar-refractivity contribution < 1.29 is 4.79 Å². The Kier molecular flexibility index (Phi) is 4.98. The van der Waals surface area contributed by atoms with E-state index in [4.69, 9.17) is 11.5 Å². The molecule has 0 radical (unpaired) electrons. The average Bonchev–Trinajstić information content (AvgIpc) is 2.38. The third-order valence-corrected chi connectivity index (χ3v) is 3.88. The van der Waals surface area contributed by atoms with Crippen molar-refractivity contribution in [1.82, 2.24) is 5.32 Å². The molecule has 0 spiro atoms. The topological polar surface area (TPSA) is 93.2 Å². The Hall–Kier alpha value is -1.59. The van der Waals surface area contributed by atoms with Gasteiger partial charge in [0.2, 0.25) is 0 Å². The highest BCUT2D eigenvalue weighted by molar-refractivity contribution is 5.87. The summed E-state index contributed by atoms with van der Waals surface area (Å²) in [4.78, 5) is 10.8. The Balaban J connectivity index is 1.91. The summed E-state index contributed by atoms with van der Waals surface area (Å²) in [5, 5.41) is 6.19. The quantitative estimate of drug-likeness (QED) is 0.678. The predicted molar refractivity (Wildman–Crippen MR) is 81.4 cm³/mol. The standard InChI is InChI=1S/C15H24N4O/c1-10(18-14-4-2-3-12(16)9-14)11-5-7-13(8-6-11)19-15(17)20/h5-8,10,12,14,18H,2-4,9,16H2,1H3,(H3,17,19,20). The zero-order valence-corrected chi connectivity index (χ0v) is 11.9. The van der Waals surface area contributed by atoms with E-state index in [2.05, 4.69) is 17.6 Å². The van der Waals surface area contributed by atoms with E-state index >= 15 is 0 Å². The van der Waals surface area contributed by atoms with Gasteiger partial charge in [-0.05, 0) is 43.9 Å². The molecule has 1 aliphatic carbocycles. The van der Waals surface area contributed by atoms with Gasteiger partial charge < -0.3 is 22.1 Å². The van der Waals surface area contributed by atoms with Gasteiger partial charge in [0, 0.05) is 23.8 Å². The molecule has 0 bridgehead atoms. The molecule has 1 fully saturated rings. The van der Waals surface area contributed by atoms with E-state index in [0.29, 0.717) is 17.8 Å². The minimum atomic E-state index is -0.542. The molecule has 1 aromatic rings. The first-order valence-corrected chi connectivity index (χ1v) is 7.22. The summed E-state index contributed by atoms with van der Waals surface area (Å²) >= 11 is 0. The van der Waals surface area contributed by atoms with Crippen LogP contribution in [0.25, 0.3) is 0 Å². The second kappa shape index (κ2) is 6.72. The minimum absolute atomic E-state index is 0.271. The molecule has 2 amide bonds. The first-order valence-electron chi connectivity index (χ1n) is 7.22. The fraction of sp³-hybridized carbons (Fsp3) is 0.533. The van der Waals surface area contributed by atoms with Gasteiger partial charge in [0.1, 0.15) is 0 Å². The summed E-state index contributed by atoms with van der Waals surface area (Å²) in [6.45, 7) is 2.15. The molecule has 6 N–H and O–H groups in total. The van der Waals surface area contributed by atoms with Crippen LogP contribution in [0.3, 0.4) is 0 Å². The molecule has 3 unspecified atom stereocenters. The third-order valence-electron chi connectivity index (χ3n) is 3.88. The summed E-state index contributed by atoms with van der Waals surface area (Å²) in [7, 11) is 0. The number of anilines is 1. The molecule has 1 aromatic carbocycles. The number of nitrogens with one attached hydrogen (secondary N) is 2. The molecule has 1 saturated carbocycles. The summed E-state index contributed by atoms with van der Waals surface area (Å²) in [6, 6.07) is 8.30. The number of benzene rings is 1. The Morgan fingerprint density at radius 3 is 2.60 bits per heavy atom. The molecule has 0 aromatic heterocycles. The van der Waals surface area contributed by atoms with Gasteiger partial charge in [-0.15, -0.1) is 0 Å². The Morgan fingerprint density at radius 2 is 2.00 bits per heavy atom. The Labute approximate surface area is 120 Å². The number of rotatable bonds is 4. The molecular formula is C15H24N4O. The monoisotopic (exact) mass is 276 g/mol. The highest BCUT2D eigenvalue weighted by atomic mass is 16.2. The lowest BCUT2D eigenvalue weighted by atomic mass is 9.91. The fourth-order valence-corrected chi connectivity index (χ4v) is 2.83. The van der Waals surface area contributed by atoms with E-state index in [0.717, 1.165) is 12.8 Å². The zero-order chi connectivity index (χ0) is 14.5. The van der Waals surface area contributed by atoms with Crippen LogP contribution in [0, 0.1) is 0 Å². The van der Waals surface area contributed by atoms with Gasteiger partial charge in [0.15, 0.2) is 0 Å². The number of primary amides is 1. The Morgan fingerprint density at radius 1 is 1.30 bits per heavy atom. The first-order chi connectivity index (χ1) is 9.54. The molecule has 1 aliphatic rings. The number of carbonyl (C=O) groups excluding carboxylic acids is 1. The maximum absolute atomic E-state index is 10.8. The second-order valence-corrected chi connectivity index (χ2v) is 5.62. The van der Waals surface area contributed by atoms with E-state index in [1.165, 1.54) is 18.4 Å². The molecule has 0 aliphatic heterocycles. The van der Waals surface area contributed by atoms with E-state index < -0.39 is 6.03 Å². The molecule has 3 atom stereocenters. The van der Waals surface area contributed by atoms with Crippen molar-refractivity contribution in [1.29, 1.82) is 0 Å². The highest BCUT2D eigenvalue weighted by Crippen LogP contribution is 2.22. The number of amides is 2. The van der Waals surface area contributed by atoms with Gasteiger partial charge >= 0.3 is 6.03 Å². The van der Waals surface area contributed by atoms with Crippen LogP contribution in [0.4, 0.5) is 10.5 Å². The molecule has 2 rings (SSSR count). The maximum Gasteiger partial charge on any atom is 0.316 e. The number of urea groups is 1. The summed E-state index contributed by atoms with van der Waals surface area (Å²) < 4.78 is 0. The normalized spacial score (nSPS) is 24.1. The third kappa shape index (κ3) is 4.21. The van der Waals surface area contributed by atoms with E-state index in [1.54, 1.807) is 0 Å². The molecule has 20 heavy (non-hydrogen) atoms. The van der Waals surface area contributed by atoms with Gasteiger partial charge in [-0.1, -0.05) is 18.6 Å². The average molecular weight is 276 g/mol. The summed E-state index contributed by atoms with van der Waals surface area (Å²) in [6.07, 6.45) is 4.58. The number of hydrogen-bond acceptors (Lipinski definition) is 3. The van der Waals surface area contributed by atoms with Gasteiger partial charge in [0.25, 0.3) is 0 Å². The summed E-state index contributed by atoms with van der Waals surface area (Å²) in [5.41, 5.74) is 13.0. The minimum Gasteiger partial charge on any atom is -0.351 e. The molecule has 5 nitrogen and oxygen atoms in total. The van der Waals surface area contributed by atoms with Crippen LogP contribution in [0.5, 0.6) is 0 Å². The van der Waals surface area contributed by atoms with Gasteiger partial charge in [0.05, 0.1) is 0 Å². The molecule has 110 valence electrons. The Bertz CT molecular complexity index is 446. The predicted octanol–water partition coefficient (Wildman–Crippen LogP) is 2.10. The molecular weight excluding hydrogens is 252 g/mol.